The Bertz CT molecular complexity index is 1280. The van der Waals surface area contributed by atoms with Gasteiger partial charge in [0.25, 0.3) is 0 Å². The number of nitrogens with one attached hydrogen (secondary N) is 2. The molecule has 2 N–H and O–H groups in total. The maximum atomic E-state index is 12.6. The zero-order chi connectivity index (χ0) is 20.6. The van der Waals surface area contributed by atoms with Crippen molar-refractivity contribution in [2.24, 2.45) is 0 Å². The van der Waals surface area contributed by atoms with Crippen molar-refractivity contribution in [2.75, 3.05) is 10.6 Å². The summed E-state index contributed by atoms with van der Waals surface area (Å²) >= 11 is 0. The Balaban J connectivity index is 1.36. The maximum absolute atomic E-state index is 12.6. The number of aromatic nitrogens is 3. The van der Waals surface area contributed by atoms with Crippen LogP contribution in [0.4, 0.5) is 17.5 Å². The third-order valence-corrected chi connectivity index (χ3v) is 6.42. The van der Waals surface area contributed by atoms with Crippen LogP contribution in [0.3, 0.4) is 0 Å². The number of hydrogen-bond donors (Lipinski definition) is 2. The summed E-state index contributed by atoms with van der Waals surface area (Å²) in [5, 5.41) is 6.49. The molecule has 1 aliphatic carbocycles. The van der Waals surface area contributed by atoms with Crippen LogP contribution in [0, 0.1) is 0 Å². The molecule has 1 aromatic carbocycles. The fourth-order valence-corrected chi connectivity index (χ4v) is 4.35. The molecule has 1 aliphatic rings. The molecule has 0 atom stereocenters. The number of rotatable bonds is 7. The van der Waals surface area contributed by atoms with Gasteiger partial charge in [0.1, 0.15) is 5.52 Å². The molecule has 0 aliphatic heterocycles. The van der Waals surface area contributed by atoms with E-state index in [9.17, 15) is 8.42 Å². The fraction of sp³-hybridized carbons (Fsp3) is 0.190. The Morgan fingerprint density at radius 2 is 1.87 bits per heavy atom. The average molecular weight is 421 g/mol. The molecule has 1 saturated carbocycles. The smallest absolute Gasteiger partial charge is 0.229 e. The molecule has 1 fully saturated rings. The first-order valence-electron chi connectivity index (χ1n) is 9.58. The molecule has 3 aromatic heterocycles. The number of furan rings is 1. The van der Waals surface area contributed by atoms with Gasteiger partial charge in [-0.2, -0.15) is 4.98 Å². The topological polar surface area (TPSA) is 110 Å². The van der Waals surface area contributed by atoms with E-state index < -0.39 is 9.84 Å². The van der Waals surface area contributed by atoms with E-state index in [1.54, 1.807) is 61.0 Å². The van der Waals surface area contributed by atoms with Gasteiger partial charge in [0.15, 0.2) is 21.2 Å². The van der Waals surface area contributed by atoms with Crippen LogP contribution < -0.4 is 10.6 Å². The van der Waals surface area contributed by atoms with E-state index in [1.165, 1.54) is 0 Å². The lowest BCUT2D eigenvalue weighted by Crippen LogP contribution is -2.07. The first kappa shape index (κ1) is 18.6. The minimum atomic E-state index is -3.48. The lowest BCUT2D eigenvalue weighted by molar-refractivity contribution is 0.594. The molecule has 30 heavy (non-hydrogen) atoms. The number of anilines is 3. The van der Waals surface area contributed by atoms with E-state index in [0.717, 1.165) is 12.8 Å². The molecular formula is C21H19N5O3S. The molecule has 8 nitrogen and oxygen atoms in total. The zero-order valence-electron chi connectivity index (χ0n) is 15.9. The van der Waals surface area contributed by atoms with Gasteiger partial charge in [0, 0.05) is 24.0 Å². The fourth-order valence-electron chi connectivity index (χ4n) is 3.07. The van der Waals surface area contributed by atoms with Gasteiger partial charge in [-0.1, -0.05) is 6.07 Å². The highest BCUT2D eigenvalue weighted by molar-refractivity contribution is 7.90. The minimum Gasteiger partial charge on any atom is -0.459 e. The molecule has 0 spiro atoms. The number of hydrogen-bond acceptors (Lipinski definition) is 8. The summed E-state index contributed by atoms with van der Waals surface area (Å²) in [6, 6.07) is 14.0. The largest absolute Gasteiger partial charge is 0.459 e. The number of pyridine rings is 1. The summed E-state index contributed by atoms with van der Waals surface area (Å²) in [6.45, 7) is 0. The van der Waals surface area contributed by atoms with Crippen LogP contribution in [0.5, 0.6) is 0 Å². The van der Waals surface area contributed by atoms with Crippen LogP contribution in [0.15, 0.2) is 70.3 Å². The molecule has 0 amide bonds. The monoisotopic (exact) mass is 421 g/mol. The quantitative estimate of drug-likeness (QED) is 0.462. The SMILES string of the molecule is O=S(=O)(Cc1ccccn1)c1ccc(Nc2nc(NC3CC3)c3occc3n2)cc1. The number of sulfone groups is 1. The molecule has 0 saturated heterocycles. The maximum Gasteiger partial charge on any atom is 0.229 e. The summed E-state index contributed by atoms with van der Waals surface area (Å²) < 4.78 is 30.8. The summed E-state index contributed by atoms with van der Waals surface area (Å²) in [6.07, 6.45) is 5.40. The van der Waals surface area contributed by atoms with Crippen LogP contribution in [-0.2, 0) is 15.6 Å². The van der Waals surface area contributed by atoms with Gasteiger partial charge in [-0.05, 0) is 49.2 Å². The van der Waals surface area contributed by atoms with Crippen molar-refractivity contribution >= 4 is 38.4 Å². The molecule has 0 unspecified atom stereocenters. The van der Waals surface area contributed by atoms with Gasteiger partial charge in [-0.25, -0.2) is 13.4 Å². The van der Waals surface area contributed by atoms with Crippen LogP contribution in [-0.4, -0.2) is 29.4 Å². The van der Waals surface area contributed by atoms with E-state index >= 15 is 0 Å². The van der Waals surface area contributed by atoms with E-state index in [0.29, 0.717) is 40.3 Å². The second-order valence-electron chi connectivity index (χ2n) is 7.18. The highest BCUT2D eigenvalue weighted by Crippen LogP contribution is 2.30. The van der Waals surface area contributed by atoms with Crippen LogP contribution in [0.1, 0.15) is 18.5 Å². The second kappa shape index (κ2) is 7.42. The van der Waals surface area contributed by atoms with E-state index in [2.05, 4.69) is 25.6 Å². The molecule has 152 valence electrons. The predicted molar refractivity (Wildman–Crippen MR) is 113 cm³/mol. The highest BCUT2D eigenvalue weighted by atomic mass is 32.2. The highest BCUT2D eigenvalue weighted by Gasteiger charge is 2.24. The van der Waals surface area contributed by atoms with Crippen molar-refractivity contribution in [1.29, 1.82) is 0 Å². The first-order chi connectivity index (χ1) is 14.6. The molecule has 0 bridgehead atoms. The van der Waals surface area contributed by atoms with Crippen LogP contribution >= 0.6 is 0 Å². The Morgan fingerprint density at radius 3 is 2.60 bits per heavy atom. The van der Waals surface area contributed by atoms with Crippen molar-refractivity contribution < 1.29 is 12.8 Å². The predicted octanol–water partition coefficient (Wildman–Crippen LogP) is 3.91. The van der Waals surface area contributed by atoms with Crippen LogP contribution in [0.25, 0.3) is 11.1 Å². The number of nitrogens with zero attached hydrogens (tertiary/aromatic N) is 3. The first-order valence-corrected chi connectivity index (χ1v) is 11.2. The van der Waals surface area contributed by atoms with Crippen molar-refractivity contribution in [1.82, 2.24) is 15.0 Å². The lowest BCUT2D eigenvalue weighted by Gasteiger charge is -2.10. The zero-order valence-corrected chi connectivity index (χ0v) is 16.8. The summed E-state index contributed by atoms with van der Waals surface area (Å²) in [7, 11) is -3.48. The molecule has 9 heteroatoms. The Morgan fingerprint density at radius 1 is 1.03 bits per heavy atom. The number of fused-ring (bicyclic) bond motifs is 1. The van der Waals surface area contributed by atoms with Gasteiger partial charge in [0.2, 0.25) is 5.95 Å². The third kappa shape index (κ3) is 3.97. The Labute approximate surface area is 173 Å². The van der Waals surface area contributed by atoms with Crippen LogP contribution in [0.2, 0.25) is 0 Å². The summed E-state index contributed by atoms with van der Waals surface area (Å²) in [5.41, 5.74) is 2.53. The average Bonchev–Trinajstić information content (AvgIpc) is 3.42. The second-order valence-corrected chi connectivity index (χ2v) is 9.17. The van der Waals surface area contributed by atoms with Crippen molar-refractivity contribution in [2.45, 2.75) is 29.5 Å². The molecule has 4 aromatic rings. The van der Waals surface area contributed by atoms with Crippen molar-refractivity contribution in [3.63, 3.8) is 0 Å². The summed E-state index contributed by atoms with van der Waals surface area (Å²) in [4.78, 5) is 13.3. The minimum absolute atomic E-state index is 0.142. The summed E-state index contributed by atoms with van der Waals surface area (Å²) in [5.74, 6) is 0.928. The Kier molecular flexibility index (Phi) is 4.59. The molecule has 0 radical (unpaired) electrons. The molecule has 3 heterocycles. The van der Waals surface area contributed by atoms with Gasteiger partial charge in [-0.3, -0.25) is 4.98 Å². The van der Waals surface area contributed by atoms with Crippen molar-refractivity contribution in [3.05, 3.63) is 66.7 Å². The Hall–Kier alpha value is -3.46. The normalized spacial score (nSPS) is 14.0. The van der Waals surface area contributed by atoms with E-state index in [4.69, 9.17) is 4.42 Å². The van der Waals surface area contributed by atoms with Gasteiger partial charge < -0.3 is 15.1 Å². The van der Waals surface area contributed by atoms with E-state index in [-0.39, 0.29) is 10.6 Å². The molecular weight excluding hydrogens is 402 g/mol. The van der Waals surface area contributed by atoms with Crippen molar-refractivity contribution in [3.8, 4) is 0 Å². The standard InChI is InChI=1S/C21H19N5O3S/c27-30(28,13-16-3-1-2-11-22-16)17-8-6-15(7-9-17)24-21-25-18-10-12-29-19(18)20(26-21)23-14-4-5-14/h1-3,6-12,14H,4-5,13H2,(H2,23,24,25,26). The lowest BCUT2D eigenvalue weighted by atomic mass is 10.3. The van der Waals surface area contributed by atoms with Gasteiger partial charge in [-0.15, -0.1) is 0 Å². The molecule has 5 rings (SSSR count). The number of benzene rings is 1. The van der Waals surface area contributed by atoms with Gasteiger partial charge >= 0.3 is 0 Å². The van der Waals surface area contributed by atoms with E-state index in [1.807, 2.05) is 0 Å². The third-order valence-electron chi connectivity index (χ3n) is 4.76. The van der Waals surface area contributed by atoms with Gasteiger partial charge in [0.05, 0.1) is 22.6 Å².